The normalized spacial score (nSPS) is 15.2. The van der Waals surface area contributed by atoms with Gasteiger partial charge < -0.3 is 13.9 Å². The van der Waals surface area contributed by atoms with Crippen LogP contribution in [-0.2, 0) is 9.09 Å². The summed E-state index contributed by atoms with van der Waals surface area (Å²) in [6, 6.07) is 0. The highest BCUT2D eigenvalue weighted by molar-refractivity contribution is 7.53. The third kappa shape index (κ3) is 18.1. The van der Waals surface area contributed by atoms with E-state index < -0.39 is 7.60 Å². The Balaban J connectivity index is 3.55. The Kier molecular flexibility index (Phi) is 19.7. The van der Waals surface area contributed by atoms with Crippen LogP contribution in [0.25, 0.3) is 0 Å². The third-order valence-electron chi connectivity index (χ3n) is 6.05. The van der Waals surface area contributed by atoms with Gasteiger partial charge in [0, 0.05) is 6.42 Å². The van der Waals surface area contributed by atoms with Crippen molar-refractivity contribution in [2.24, 2.45) is 0 Å². The SMILES string of the molecule is C=CCCCCCC/C=C\CCCCCCCCCCOP(=O)(O)C(CCC)[N+](C)(C)C. The fourth-order valence-corrected chi connectivity index (χ4v) is 6.12. The summed E-state index contributed by atoms with van der Waals surface area (Å²) in [4.78, 5) is 10.4. The molecule has 0 rings (SSSR count). The Hall–Kier alpha value is -0.410. The molecule has 0 bridgehead atoms. The zero-order valence-electron chi connectivity index (χ0n) is 21.9. The molecule has 0 aromatic carbocycles. The summed E-state index contributed by atoms with van der Waals surface area (Å²) in [7, 11) is 2.34. The molecule has 0 aliphatic carbocycles. The minimum atomic E-state index is -3.57. The zero-order chi connectivity index (χ0) is 24.1. The molecule has 0 saturated heterocycles. The Labute approximate surface area is 200 Å². The second kappa shape index (κ2) is 20.0. The molecular weight excluding hydrogens is 417 g/mol. The predicted molar refractivity (Wildman–Crippen MR) is 141 cm³/mol. The van der Waals surface area contributed by atoms with Crippen molar-refractivity contribution in [3.63, 3.8) is 0 Å². The van der Waals surface area contributed by atoms with E-state index in [9.17, 15) is 9.46 Å². The van der Waals surface area contributed by atoms with Crippen molar-refractivity contribution in [3.8, 4) is 0 Å². The molecule has 0 fully saturated rings. The minimum absolute atomic E-state index is 0.338. The van der Waals surface area contributed by atoms with Crippen LogP contribution in [0.2, 0.25) is 0 Å². The van der Waals surface area contributed by atoms with Gasteiger partial charge in [0.1, 0.15) is 0 Å². The van der Waals surface area contributed by atoms with Crippen LogP contribution in [0.1, 0.15) is 116 Å². The number of nitrogens with zero attached hydrogens (tertiary/aromatic N) is 1. The van der Waals surface area contributed by atoms with E-state index in [2.05, 4.69) is 18.7 Å². The Bertz CT molecular complexity index is 514. The van der Waals surface area contributed by atoms with Gasteiger partial charge in [0.2, 0.25) is 0 Å². The van der Waals surface area contributed by atoms with Gasteiger partial charge in [0.15, 0.2) is 5.78 Å². The van der Waals surface area contributed by atoms with Crippen LogP contribution >= 0.6 is 7.60 Å². The predicted octanol–water partition coefficient (Wildman–Crippen LogP) is 8.61. The van der Waals surface area contributed by atoms with E-state index in [0.717, 1.165) is 25.7 Å². The van der Waals surface area contributed by atoms with Gasteiger partial charge in [-0.3, -0.25) is 4.57 Å². The van der Waals surface area contributed by atoms with Crippen molar-refractivity contribution in [1.82, 2.24) is 0 Å². The van der Waals surface area contributed by atoms with Gasteiger partial charge >= 0.3 is 7.60 Å². The standard InChI is InChI=1S/C27H54NO3P/c1-6-8-9-10-11-12-13-14-15-16-17-18-19-20-21-22-23-24-26-31-32(29,30)27(25-7-2)28(3,4)5/h6,14-15,27H,1,7-13,16-26H2,2-5H3/p+1/b15-14-. The van der Waals surface area contributed by atoms with E-state index >= 15 is 0 Å². The number of quaternary nitrogens is 1. The molecule has 0 aliphatic rings. The van der Waals surface area contributed by atoms with Gasteiger partial charge in [0.25, 0.3) is 0 Å². The van der Waals surface area contributed by atoms with Crippen LogP contribution in [0, 0.1) is 0 Å². The summed E-state index contributed by atoms with van der Waals surface area (Å²) in [5, 5.41) is 0. The summed E-state index contributed by atoms with van der Waals surface area (Å²) >= 11 is 0. The first-order valence-electron chi connectivity index (χ1n) is 13.3. The molecule has 0 radical (unpaired) electrons. The lowest BCUT2D eigenvalue weighted by Crippen LogP contribution is -2.45. The first-order chi connectivity index (χ1) is 15.3. The van der Waals surface area contributed by atoms with Crippen LogP contribution in [0.3, 0.4) is 0 Å². The maximum atomic E-state index is 12.6. The van der Waals surface area contributed by atoms with Crippen molar-refractivity contribution < 1.29 is 18.5 Å². The summed E-state index contributed by atoms with van der Waals surface area (Å²) in [5.74, 6) is -0.338. The van der Waals surface area contributed by atoms with Crippen LogP contribution in [-0.4, -0.2) is 42.9 Å². The average molecular weight is 473 g/mol. The van der Waals surface area contributed by atoms with Crippen LogP contribution < -0.4 is 0 Å². The highest BCUT2D eigenvalue weighted by atomic mass is 31.2. The summed E-state index contributed by atoms with van der Waals surface area (Å²) in [6.45, 7) is 6.21. The molecule has 4 nitrogen and oxygen atoms in total. The Morgan fingerprint density at radius 3 is 1.69 bits per heavy atom. The molecule has 32 heavy (non-hydrogen) atoms. The lowest BCUT2D eigenvalue weighted by molar-refractivity contribution is -0.883. The van der Waals surface area contributed by atoms with Crippen molar-refractivity contribution in [3.05, 3.63) is 24.8 Å². The third-order valence-corrected chi connectivity index (χ3v) is 8.31. The van der Waals surface area contributed by atoms with E-state index in [1.54, 1.807) is 0 Å². The van der Waals surface area contributed by atoms with Gasteiger partial charge in [0.05, 0.1) is 27.7 Å². The van der Waals surface area contributed by atoms with Crippen LogP contribution in [0.5, 0.6) is 0 Å². The van der Waals surface area contributed by atoms with Crippen molar-refractivity contribution in [2.75, 3.05) is 27.7 Å². The van der Waals surface area contributed by atoms with Crippen LogP contribution in [0.15, 0.2) is 24.8 Å². The largest absolute Gasteiger partial charge is 0.385 e. The first-order valence-corrected chi connectivity index (χ1v) is 14.9. The van der Waals surface area contributed by atoms with Crippen molar-refractivity contribution in [1.29, 1.82) is 0 Å². The molecular formula is C27H55NO3P+. The Morgan fingerprint density at radius 2 is 1.25 bits per heavy atom. The Morgan fingerprint density at radius 1 is 0.812 bits per heavy atom. The number of hydrogen-bond acceptors (Lipinski definition) is 2. The monoisotopic (exact) mass is 472 g/mol. The second-order valence-corrected chi connectivity index (χ2v) is 12.1. The summed E-state index contributed by atoms with van der Waals surface area (Å²) in [6.07, 6.45) is 26.9. The molecule has 0 spiro atoms. The topological polar surface area (TPSA) is 46.5 Å². The molecule has 0 aromatic rings. The van der Waals surface area contributed by atoms with E-state index in [1.807, 2.05) is 34.1 Å². The van der Waals surface area contributed by atoms with Gasteiger partial charge in [-0.05, 0) is 51.4 Å². The molecule has 190 valence electrons. The van der Waals surface area contributed by atoms with Crippen LogP contribution in [0.4, 0.5) is 0 Å². The second-order valence-electron chi connectivity index (χ2n) is 10.2. The fourth-order valence-electron chi connectivity index (χ4n) is 4.09. The maximum absolute atomic E-state index is 12.6. The molecule has 2 atom stereocenters. The maximum Gasteiger partial charge on any atom is 0.385 e. The minimum Gasteiger partial charge on any atom is -0.320 e. The van der Waals surface area contributed by atoms with Gasteiger partial charge in [-0.2, -0.15) is 0 Å². The lowest BCUT2D eigenvalue weighted by atomic mass is 10.1. The van der Waals surface area contributed by atoms with Gasteiger partial charge in [-0.1, -0.05) is 76.5 Å². The average Bonchev–Trinajstić information content (AvgIpc) is 2.72. The molecule has 0 aromatic heterocycles. The quantitative estimate of drug-likeness (QED) is 0.0700. The lowest BCUT2D eigenvalue weighted by Gasteiger charge is -2.35. The molecule has 5 heteroatoms. The van der Waals surface area contributed by atoms with Crippen molar-refractivity contribution >= 4 is 7.60 Å². The molecule has 1 N–H and O–H groups in total. The van der Waals surface area contributed by atoms with E-state index in [1.165, 1.54) is 77.0 Å². The number of rotatable bonds is 23. The van der Waals surface area contributed by atoms with E-state index in [0.29, 0.717) is 17.5 Å². The number of unbranched alkanes of at least 4 members (excludes halogenated alkanes) is 13. The molecule has 0 saturated carbocycles. The first kappa shape index (κ1) is 31.6. The van der Waals surface area contributed by atoms with Gasteiger partial charge in [-0.15, -0.1) is 6.58 Å². The molecule has 0 heterocycles. The van der Waals surface area contributed by atoms with E-state index in [4.69, 9.17) is 4.52 Å². The van der Waals surface area contributed by atoms with Crippen molar-refractivity contribution in [2.45, 2.75) is 122 Å². The highest BCUT2D eigenvalue weighted by Gasteiger charge is 2.41. The highest BCUT2D eigenvalue weighted by Crippen LogP contribution is 2.51. The van der Waals surface area contributed by atoms with Gasteiger partial charge in [-0.25, -0.2) is 0 Å². The summed E-state index contributed by atoms with van der Waals surface area (Å²) < 4.78 is 18.6. The summed E-state index contributed by atoms with van der Waals surface area (Å²) in [5.41, 5.74) is 0. The molecule has 0 aliphatic heterocycles. The molecule has 0 amide bonds. The molecule has 2 unspecified atom stereocenters. The number of hydrogen-bond donors (Lipinski definition) is 1. The number of allylic oxidation sites excluding steroid dienone is 3. The van der Waals surface area contributed by atoms with E-state index in [-0.39, 0.29) is 5.78 Å². The fraction of sp³-hybridized carbons (Fsp3) is 0.852. The zero-order valence-corrected chi connectivity index (χ0v) is 22.8. The smallest absolute Gasteiger partial charge is 0.320 e.